The monoisotopic (exact) mass is 379 g/mol. The summed E-state index contributed by atoms with van der Waals surface area (Å²) in [5.74, 6) is -3.11. The van der Waals surface area contributed by atoms with Crippen LogP contribution in [0.25, 0.3) is 0 Å². The first-order valence-electron chi connectivity index (χ1n) is 7.43. The number of nitrogens with one attached hydrogen (secondary N) is 1. The highest BCUT2D eigenvalue weighted by molar-refractivity contribution is 6.33. The molecule has 0 saturated heterocycles. The van der Waals surface area contributed by atoms with E-state index in [9.17, 15) is 18.8 Å². The molecule has 1 N–H and O–H groups in total. The van der Waals surface area contributed by atoms with Gasteiger partial charge in [0.25, 0.3) is 5.91 Å². The van der Waals surface area contributed by atoms with E-state index < -0.39 is 35.8 Å². The summed E-state index contributed by atoms with van der Waals surface area (Å²) in [6, 6.07) is 8.37. The third-order valence-electron chi connectivity index (χ3n) is 3.43. The molecular weight excluding hydrogens is 365 g/mol. The average molecular weight is 380 g/mol. The van der Waals surface area contributed by atoms with E-state index in [1.165, 1.54) is 25.3 Å². The predicted molar refractivity (Wildman–Crippen MR) is 92.8 cm³/mol. The highest BCUT2D eigenvalue weighted by Crippen LogP contribution is 2.20. The van der Waals surface area contributed by atoms with Crippen molar-refractivity contribution in [2.45, 2.75) is 6.92 Å². The summed E-state index contributed by atoms with van der Waals surface area (Å²) in [4.78, 5) is 35.4. The van der Waals surface area contributed by atoms with Gasteiger partial charge in [-0.15, -0.1) is 0 Å². The number of benzene rings is 2. The molecule has 0 spiro atoms. The topological polar surface area (TPSA) is 81.7 Å². The zero-order chi connectivity index (χ0) is 19.3. The number of carbonyl (C=O) groups excluding carboxylic acids is 3. The molecule has 0 unspecified atom stereocenters. The van der Waals surface area contributed by atoms with Gasteiger partial charge in [0.2, 0.25) is 0 Å². The minimum absolute atomic E-state index is 0.114. The van der Waals surface area contributed by atoms with E-state index in [1.807, 2.05) is 0 Å². The highest BCUT2D eigenvalue weighted by Gasteiger charge is 2.19. The van der Waals surface area contributed by atoms with E-state index in [1.54, 1.807) is 19.1 Å². The normalized spacial score (nSPS) is 10.2. The van der Waals surface area contributed by atoms with Crippen molar-refractivity contribution in [3.05, 3.63) is 63.9 Å². The van der Waals surface area contributed by atoms with Gasteiger partial charge >= 0.3 is 11.9 Å². The average Bonchev–Trinajstić information content (AvgIpc) is 2.61. The molecule has 0 aromatic heterocycles. The molecule has 0 saturated carbocycles. The predicted octanol–water partition coefficient (Wildman–Crippen LogP) is 3.37. The molecule has 0 radical (unpaired) electrons. The lowest BCUT2D eigenvalue weighted by Crippen LogP contribution is -2.22. The number of esters is 2. The summed E-state index contributed by atoms with van der Waals surface area (Å²) in [7, 11) is 1.24. The lowest BCUT2D eigenvalue weighted by molar-refractivity contribution is -0.119. The quantitative estimate of drug-likeness (QED) is 0.805. The number of amides is 1. The van der Waals surface area contributed by atoms with E-state index in [2.05, 4.69) is 10.1 Å². The smallest absolute Gasteiger partial charge is 0.343 e. The number of carbonyl (C=O) groups is 3. The molecule has 0 atom stereocenters. The van der Waals surface area contributed by atoms with Crippen LogP contribution < -0.4 is 5.32 Å². The Balaban J connectivity index is 2.03. The Morgan fingerprint density at radius 2 is 1.88 bits per heavy atom. The van der Waals surface area contributed by atoms with E-state index in [0.29, 0.717) is 11.3 Å². The van der Waals surface area contributed by atoms with Gasteiger partial charge in [-0.05, 0) is 36.8 Å². The van der Waals surface area contributed by atoms with E-state index in [-0.39, 0.29) is 10.6 Å². The Hall–Kier alpha value is -2.93. The van der Waals surface area contributed by atoms with Crippen molar-refractivity contribution in [3.63, 3.8) is 0 Å². The van der Waals surface area contributed by atoms with Crippen LogP contribution in [0.2, 0.25) is 5.02 Å². The summed E-state index contributed by atoms with van der Waals surface area (Å²) in [6.45, 7) is 1.08. The molecule has 0 fully saturated rings. The van der Waals surface area contributed by atoms with Crippen LogP contribution in [-0.4, -0.2) is 31.6 Å². The number of rotatable bonds is 5. The summed E-state index contributed by atoms with van der Waals surface area (Å²) >= 11 is 5.77. The summed E-state index contributed by atoms with van der Waals surface area (Å²) in [6.07, 6.45) is 0. The lowest BCUT2D eigenvalue weighted by Gasteiger charge is -2.11. The Labute approximate surface area is 153 Å². The van der Waals surface area contributed by atoms with Crippen LogP contribution in [0.5, 0.6) is 0 Å². The van der Waals surface area contributed by atoms with Crippen LogP contribution in [0.1, 0.15) is 26.3 Å². The van der Waals surface area contributed by atoms with Crippen molar-refractivity contribution in [1.82, 2.24) is 0 Å². The van der Waals surface area contributed by atoms with Crippen molar-refractivity contribution in [3.8, 4) is 0 Å². The first-order chi connectivity index (χ1) is 12.3. The number of halogens is 2. The van der Waals surface area contributed by atoms with Gasteiger partial charge in [0.1, 0.15) is 11.4 Å². The first kappa shape index (κ1) is 19.4. The maximum atomic E-state index is 13.6. The van der Waals surface area contributed by atoms with Gasteiger partial charge < -0.3 is 14.8 Å². The van der Waals surface area contributed by atoms with Gasteiger partial charge in [0.15, 0.2) is 6.61 Å². The molecule has 2 aromatic carbocycles. The molecule has 1 amide bonds. The number of methoxy groups -OCH3 is 1. The number of ether oxygens (including phenoxy) is 2. The lowest BCUT2D eigenvalue weighted by atomic mass is 10.1. The van der Waals surface area contributed by atoms with Gasteiger partial charge in [-0.1, -0.05) is 23.7 Å². The molecule has 6 nitrogen and oxygen atoms in total. The van der Waals surface area contributed by atoms with E-state index in [4.69, 9.17) is 16.3 Å². The molecule has 0 aliphatic rings. The molecule has 136 valence electrons. The molecule has 2 aromatic rings. The van der Waals surface area contributed by atoms with Gasteiger partial charge in [-0.2, -0.15) is 0 Å². The van der Waals surface area contributed by atoms with Crippen LogP contribution in [0.4, 0.5) is 10.1 Å². The van der Waals surface area contributed by atoms with Crippen molar-refractivity contribution in [1.29, 1.82) is 0 Å². The van der Waals surface area contributed by atoms with Crippen molar-refractivity contribution in [2.75, 3.05) is 19.0 Å². The zero-order valence-corrected chi connectivity index (χ0v) is 14.7. The number of hydrogen-bond acceptors (Lipinski definition) is 5. The highest BCUT2D eigenvalue weighted by atomic mass is 35.5. The number of hydrogen-bond donors (Lipinski definition) is 1. The van der Waals surface area contributed by atoms with Crippen molar-refractivity contribution < 1.29 is 28.2 Å². The standard InChI is InChI=1S/C18H15ClFNO5/c1-10-6-7-11(17(23)25-2)8-14(10)21-15(22)9-26-18(24)16-12(19)4-3-5-13(16)20/h3-8H,9H2,1-2H3,(H,21,22). The Kier molecular flexibility index (Phi) is 6.30. The van der Waals surface area contributed by atoms with Gasteiger partial charge in [0.05, 0.1) is 17.7 Å². The maximum absolute atomic E-state index is 13.6. The Morgan fingerprint density at radius 1 is 1.15 bits per heavy atom. The first-order valence-corrected chi connectivity index (χ1v) is 7.81. The molecule has 0 heterocycles. The SMILES string of the molecule is COC(=O)c1ccc(C)c(NC(=O)COC(=O)c2c(F)cccc2Cl)c1. The van der Waals surface area contributed by atoms with Crippen LogP contribution >= 0.6 is 11.6 Å². The Morgan fingerprint density at radius 3 is 2.54 bits per heavy atom. The van der Waals surface area contributed by atoms with Crippen LogP contribution in [0, 0.1) is 12.7 Å². The second-order valence-corrected chi connectivity index (χ2v) is 5.65. The third kappa shape index (κ3) is 4.58. The molecule has 0 aliphatic carbocycles. The molecule has 0 bridgehead atoms. The largest absolute Gasteiger partial charge is 0.465 e. The number of anilines is 1. The summed E-state index contributed by atoms with van der Waals surface area (Å²) in [5, 5.41) is 2.40. The molecule has 26 heavy (non-hydrogen) atoms. The van der Waals surface area contributed by atoms with Crippen molar-refractivity contribution >= 4 is 35.1 Å². The molecule has 0 aliphatic heterocycles. The van der Waals surface area contributed by atoms with Crippen molar-refractivity contribution in [2.24, 2.45) is 0 Å². The molecule has 8 heteroatoms. The van der Waals surface area contributed by atoms with E-state index in [0.717, 1.165) is 6.07 Å². The molecule has 2 rings (SSSR count). The van der Waals surface area contributed by atoms with Crippen LogP contribution in [0.15, 0.2) is 36.4 Å². The second-order valence-electron chi connectivity index (χ2n) is 5.24. The second kappa shape index (κ2) is 8.44. The van der Waals surface area contributed by atoms with Crippen LogP contribution in [0.3, 0.4) is 0 Å². The summed E-state index contributed by atoms with van der Waals surface area (Å²) < 4.78 is 23.1. The van der Waals surface area contributed by atoms with E-state index >= 15 is 0 Å². The fourth-order valence-corrected chi connectivity index (χ4v) is 2.32. The Bertz CT molecular complexity index is 848. The van der Waals surface area contributed by atoms with Crippen LogP contribution in [-0.2, 0) is 14.3 Å². The fraction of sp³-hybridized carbons (Fsp3) is 0.167. The minimum atomic E-state index is -1.05. The van der Waals surface area contributed by atoms with Gasteiger partial charge in [0, 0.05) is 5.69 Å². The fourth-order valence-electron chi connectivity index (χ4n) is 2.08. The maximum Gasteiger partial charge on any atom is 0.343 e. The summed E-state index contributed by atoms with van der Waals surface area (Å²) in [5.41, 5.74) is 0.863. The van der Waals surface area contributed by atoms with Gasteiger partial charge in [-0.25, -0.2) is 14.0 Å². The molecular formula is C18H15ClFNO5. The number of aryl methyl sites for hydroxylation is 1. The zero-order valence-electron chi connectivity index (χ0n) is 14.0. The van der Waals surface area contributed by atoms with Gasteiger partial charge in [-0.3, -0.25) is 4.79 Å². The third-order valence-corrected chi connectivity index (χ3v) is 3.75. The minimum Gasteiger partial charge on any atom is -0.465 e.